The molecule has 11 aromatic rings. The summed E-state index contributed by atoms with van der Waals surface area (Å²) in [7, 11) is 0. The molecule has 0 fully saturated rings. The number of fused-ring (bicyclic) bond motifs is 6. The molecule has 0 unspecified atom stereocenters. The second kappa shape index (κ2) is 13.0. The molecule has 0 N–H and O–H groups in total. The number of nitrogens with zero attached hydrogens (tertiary/aromatic N) is 4. The van der Waals surface area contributed by atoms with Gasteiger partial charge in [-0.2, -0.15) is 0 Å². The topological polar surface area (TPSA) is 77.8 Å². The fourth-order valence-corrected chi connectivity index (χ4v) is 7.58. The number of aromatic nitrogens is 4. The third kappa shape index (κ3) is 5.43. The van der Waals surface area contributed by atoms with Gasteiger partial charge in [0.1, 0.15) is 33.6 Å². The Morgan fingerprint density at radius 2 is 0.625 bits per heavy atom. The highest BCUT2D eigenvalue weighted by Crippen LogP contribution is 2.39. The summed E-state index contributed by atoms with van der Waals surface area (Å²) in [5, 5.41) is 1.93. The molecule has 0 bridgehead atoms. The maximum atomic E-state index is 6.43. The monoisotopic (exact) mass is 718 g/mol. The third-order valence-electron chi connectivity index (χ3n) is 10.3. The molecule has 0 amide bonds. The van der Waals surface area contributed by atoms with Gasteiger partial charge in [-0.15, -0.1) is 0 Å². The molecule has 0 saturated carbocycles. The normalized spacial score (nSPS) is 11.6. The first-order chi connectivity index (χ1) is 27.7. The summed E-state index contributed by atoms with van der Waals surface area (Å²) < 4.78 is 12.9. The Kier molecular flexibility index (Phi) is 7.38. The van der Waals surface area contributed by atoms with Crippen molar-refractivity contribution >= 4 is 44.1 Å². The summed E-state index contributed by atoms with van der Waals surface area (Å²) in [4.78, 5) is 20.2. The smallest absolute Gasteiger partial charge is 0.180 e. The van der Waals surface area contributed by atoms with E-state index in [-0.39, 0.29) is 0 Å². The van der Waals surface area contributed by atoms with Gasteiger partial charge in [-0.1, -0.05) is 140 Å². The summed E-state index contributed by atoms with van der Waals surface area (Å²) in [5.74, 6) is 1.32. The summed E-state index contributed by atoms with van der Waals surface area (Å²) in [6.45, 7) is 0. The quantitative estimate of drug-likeness (QED) is 0.170. The van der Waals surface area contributed by atoms with E-state index < -0.39 is 0 Å². The van der Waals surface area contributed by atoms with E-state index in [1.165, 1.54) is 0 Å². The van der Waals surface area contributed by atoms with Crippen LogP contribution in [0.25, 0.3) is 112 Å². The summed E-state index contributed by atoms with van der Waals surface area (Å²) >= 11 is 0. The van der Waals surface area contributed by atoms with Crippen LogP contribution in [0.5, 0.6) is 0 Å². The molecule has 56 heavy (non-hydrogen) atoms. The van der Waals surface area contributed by atoms with Crippen LogP contribution in [0.1, 0.15) is 0 Å². The van der Waals surface area contributed by atoms with E-state index in [9.17, 15) is 0 Å². The molecule has 0 aliphatic carbocycles. The molecule has 0 radical (unpaired) electrons. The van der Waals surface area contributed by atoms with Crippen molar-refractivity contribution in [3.8, 4) is 67.5 Å². The molecule has 7 aromatic carbocycles. The Morgan fingerprint density at radius 3 is 1.05 bits per heavy atom. The molecule has 0 aliphatic rings. The van der Waals surface area contributed by atoms with Crippen molar-refractivity contribution < 1.29 is 8.83 Å². The van der Waals surface area contributed by atoms with Crippen LogP contribution in [0.15, 0.2) is 191 Å². The minimum Gasteiger partial charge on any atom is -0.452 e. The van der Waals surface area contributed by atoms with Crippen molar-refractivity contribution in [2.75, 3.05) is 0 Å². The van der Waals surface area contributed by atoms with Crippen LogP contribution in [-0.4, -0.2) is 19.9 Å². The van der Waals surface area contributed by atoms with Gasteiger partial charge in [-0.25, -0.2) is 19.9 Å². The number of hydrogen-bond acceptors (Lipinski definition) is 6. The molecule has 4 heterocycles. The molecule has 6 nitrogen and oxygen atoms in total. The Labute approximate surface area is 321 Å². The van der Waals surface area contributed by atoms with Gasteiger partial charge in [0.05, 0.1) is 0 Å². The SMILES string of the molecule is c1ccc(-c2nc(-c3cccc(-c4cccc(-c5cccc(-c6nc(-c7ccccc7)nc7c6oc6ccccc67)c5)c4)c3)c3oc4ccccc4c3n2)cc1. The second-order valence-electron chi connectivity index (χ2n) is 13.8. The van der Waals surface area contributed by atoms with Crippen molar-refractivity contribution in [2.24, 2.45) is 0 Å². The lowest BCUT2D eigenvalue weighted by atomic mass is 9.96. The van der Waals surface area contributed by atoms with E-state index >= 15 is 0 Å². The first-order valence-electron chi connectivity index (χ1n) is 18.5. The predicted octanol–water partition coefficient (Wildman–Crippen LogP) is 13.1. The van der Waals surface area contributed by atoms with Crippen molar-refractivity contribution in [3.05, 3.63) is 182 Å². The molecular formula is C50H30N4O2. The lowest BCUT2D eigenvalue weighted by molar-refractivity contribution is 0.667. The zero-order valence-corrected chi connectivity index (χ0v) is 29.9. The van der Waals surface area contributed by atoms with Gasteiger partial charge in [0.2, 0.25) is 0 Å². The van der Waals surface area contributed by atoms with Crippen molar-refractivity contribution in [1.82, 2.24) is 19.9 Å². The number of para-hydroxylation sites is 2. The average molecular weight is 719 g/mol. The summed E-state index contributed by atoms with van der Waals surface area (Å²) in [5.41, 5.74) is 14.1. The molecule has 262 valence electrons. The van der Waals surface area contributed by atoms with Crippen LogP contribution < -0.4 is 0 Å². The average Bonchev–Trinajstić information content (AvgIpc) is 3.85. The van der Waals surface area contributed by atoms with Crippen LogP contribution in [0.3, 0.4) is 0 Å². The van der Waals surface area contributed by atoms with Gasteiger partial charge < -0.3 is 8.83 Å². The third-order valence-corrected chi connectivity index (χ3v) is 10.3. The Hall–Kier alpha value is -7.70. The van der Waals surface area contributed by atoms with Crippen LogP contribution in [-0.2, 0) is 0 Å². The fourth-order valence-electron chi connectivity index (χ4n) is 7.58. The Bertz CT molecular complexity index is 3040. The van der Waals surface area contributed by atoms with Crippen LogP contribution in [0, 0.1) is 0 Å². The van der Waals surface area contributed by atoms with Crippen LogP contribution in [0.2, 0.25) is 0 Å². The number of rotatable bonds is 6. The van der Waals surface area contributed by atoms with E-state index in [2.05, 4.69) is 84.9 Å². The van der Waals surface area contributed by atoms with Crippen LogP contribution in [0.4, 0.5) is 0 Å². The van der Waals surface area contributed by atoms with E-state index in [0.29, 0.717) is 22.8 Å². The Balaban J connectivity index is 1.01. The standard InChI is InChI=1S/C50H30N4O2/c1-3-14-31(15-4-1)49-51-43(47-45(53-49)39-24-7-9-26-41(39)55-47)37-22-12-20-35(29-37)33-18-11-19-34(28-33)36-21-13-23-38(30-36)44-48-46(40-25-8-10-27-42(40)56-48)54-50(52-44)32-16-5-2-6-17-32/h1-30H. The van der Waals surface area contributed by atoms with Gasteiger partial charge in [-0.3, -0.25) is 0 Å². The van der Waals surface area contributed by atoms with E-state index in [1.807, 2.05) is 97.1 Å². The first-order valence-corrected chi connectivity index (χ1v) is 18.5. The van der Waals surface area contributed by atoms with Crippen molar-refractivity contribution in [2.45, 2.75) is 0 Å². The summed E-state index contributed by atoms with van der Waals surface area (Å²) in [6.07, 6.45) is 0. The lowest BCUT2D eigenvalue weighted by Crippen LogP contribution is -1.94. The molecule has 0 aliphatic heterocycles. The van der Waals surface area contributed by atoms with Gasteiger partial charge in [0, 0.05) is 33.0 Å². The van der Waals surface area contributed by atoms with Gasteiger partial charge in [0.15, 0.2) is 22.8 Å². The highest BCUT2D eigenvalue weighted by atomic mass is 16.3. The predicted molar refractivity (Wildman–Crippen MR) is 225 cm³/mol. The maximum absolute atomic E-state index is 6.43. The molecule has 6 heteroatoms. The number of hydrogen-bond donors (Lipinski definition) is 0. The summed E-state index contributed by atoms with van der Waals surface area (Å²) in [6, 6.07) is 61.8. The highest BCUT2D eigenvalue weighted by Gasteiger charge is 2.20. The first kappa shape index (κ1) is 31.8. The molecule has 4 aromatic heterocycles. The van der Waals surface area contributed by atoms with Gasteiger partial charge in [0.25, 0.3) is 0 Å². The molecular weight excluding hydrogens is 689 g/mol. The Morgan fingerprint density at radius 1 is 0.286 bits per heavy atom. The molecule has 0 atom stereocenters. The maximum Gasteiger partial charge on any atom is 0.180 e. The number of benzene rings is 7. The zero-order chi connectivity index (χ0) is 37.0. The van der Waals surface area contributed by atoms with E-state index in [4.69, 9.17) is 28.8 Å². The van der Waals surface area contributed by atoms with Crippen molar-refractivity contribution in [3.63, 3.8) is 0 Å². The van der Waals surface area contributed by atoms with Gasteiger partial charge in [-0.05, 0) is 64.7 Å². The molecule has 0 spiro atoms. The fraction of sp³-hybridized carbons (Fsp3) is 0. The zero-order valence-electron chi connectivity index (χ0n) is 29.9. The van der Waals surface area contributed by atoms with Gasteiger partial charge >= 0.3 is 0 Å². The molecule has 11 rings (SSSR count). The minimum absolute atomic E-state index is 0.659. The van der Waals surface area contributed by atoms with E-state index in [1.54, 1.807) is 0 Å². The minimum atomic E-state index is 0.659. The molecule has 0 saturated heterocycles. The lowest BCUT2D eigenvalue weighted by Gasteiger charge is -2.11. The second-order valence-corrected chi connectivity index (χ2v) is 13.8. The largest absolute Gasteiger partial charge is 0.452 e. The number of furan rings is 2. The van der Waals surface area contributed by atoms with Crippen molar-refractivity contribution in [1.29, 1.82) is 0 Å². The highest BCUT2D eigenvalue weighted by molar-refractivity contribution is 6.08. The van der Waals surface area contributed by atoms with Crippen LogP contribution >= 0.6 is 0 Å². The van der Waals surface area contributed by atoms with E-state index in [0.717, 1.165) is 88.9 Å².